The maximum absolute atomic E-state index is 10.0. The minimum absolute atomic E-state index is 0.561. The van der Waals surface area contributed by atoms with Crippen molar-refractivity contribution >= 4 is 28.0 Å². The predicted molar refractivity (Wildman–Crippen MR) is 262 cm³/mol. The first-order valence-electron chi connectivity index (χ1n) is 22.6. The summed E-state index contributed by atoms with van der Waals surface area (Å²) in [4.78, 5) is 4.95. The molecule has 1 aliphatic rings. The van der Waals surface area contributed by atoms with Crippen molar-refractivity contribution in [1.29, 1.82) is 0 Å². The molecule has 0 bridgehead atoms. The van der Waals surface area contributed by atoms with E-state index in [4.69, 9.17) is 9.40 Å². The molecule has 0 aliphatic heterocycles. The van der Waals surface area contributed by atoms with Crippen molar-refractivity contribution in [3.8, 4) is 77.9 Å². The predicted octanol–water partition coefficient (Wildman–Crippen LogP) is 16.6. The van der Waals surface area contributed by atoms with Gasteiger partial charge < -0.3 is 4.42 Å². The van der Waals surface area contributed by atoms with Gasteiger partial charge in [0.15, 0.2) is 5.58 Å². The second kappa shape index (κ2) is 15.6. The summed E-state index contributed by atoms with van der Waals surface area (Å²) >= 11 is 0. The third-order valence-electron chi connectivity index (χ3n) is 12.9. The number of hydrogen-bond donors (Lipinski definition) is 0. The molecule has 12 rings (SSSR count). The van der Waals surface area contributed by atoms with E-state index >= 15 is 0 Å². The Morgan fingerprint density at radius 2 is 0.794 bits per heavy atom. The van der Waals surface area contributed by atoms with Crippen LogP contribution in [0.1, 0.15) is 38.5 Å². The van der Waals surface area contributed by atoms with Gasteiger partial charge >= 0.3 is 5.84 Å². The van der Waals surface area contributed by atoms with Crippen LogP contribution >= 0.6 is 0 Å². The van der Waals surface area contributed by atoms with E-state index in [1.807, 2.05) is 12.1 Å². The molecule has 1 aliphatic carbocycles. The zero-order chi connectivity index (χ0) is 42.6. The Kier molecular flexibility index (Phi) is 8.91. The first-order chi connectivity index (χ1) is 31.6. The van der Waals surface area contributed by atoms with E-state index in [1.165, 1.54) is 16.7 Å². The lowest BCUT2D eigenvalue weighted by Gasteiger charge is -2.29. The van der Waals surface area contributed by atoms with Gasteiger partial charge in [-0.2, -0.15) is 4.98 Å². The molecule has 11 aromatic rings. The van der Waals surface area contributed by atoms with Crippen LogP contribution in [0.4, 0.5) is 0 Å². The maximum Gasteiger partial charge on any atom is 0.307 e. The third kappa shape index (κ3) is 6.31. The number of para-hydroxylation sites is 2. The molecule has 1 fully saturated rings. The molecule has 2 aromatic heterocycles. The molecule has 63 heavy (non-hydrogen) atoms. The number of fused-ring (bicyclic) bond motifs is 5. The Morgan fingerprint density at radius 1 is 0.397 bits per heavy atom. The van der Waals surface area contributed by atoms with Crippen molar-refractivity contribution in [3.63, 3.8) is 0 Å². The summed E-state index contributed by atoms with van der Waals surface area (Å²) in [5.74, 6) is -0.176. The van der Waals surface area contributed by atoms with E-state index in [-0.39, 0.29) is 0 Å². The number of imidazole rings is 1. The van der Waals surface area contributed by atoms with Crippen molar-refractivity contribution in [2.45, 2.75) is 31.6 Å². The van der Waals surface area contributed by atoms with Crippen LogP contribution in [-0.4, -0.2) is 9.38 Å². The van der Waals surface area contributed by atoms with Gasteiger partial charge in [-0.3, -0.25) is 4.40 Å². The summed E-state index contributed by atoms with van der Waals surface area (Å²) < 4.78 is 19.0. The molecule has 0 N–H and O–H groups in total. The van der Waals surface area contributed by atoms with Crippen molar-refractivity contribution in [3.05, 3.63) is 218 Å². The Hall–Kier alpha value is -7.75. The molecular formula is C60H44N2O. The Balaban J connectivity index is 1.25. The van der Waals surface area contributed by atoms with Gasteiger partial charge in [-0.25, -0.2) is 0 Å². The normalized spacial score (nSPS) is 13.8. The standard InChI is InChI=1S/C60H44N2O/c1-6-23-41(24-7-1)53-54(42-25-8-2-9-26-42)56(44-29-12-4-13-30-44)58(57(45-31-14-5-15-32-45)55(53)43-27-10-3-11-28-43)47-34-20-33-46(39-47)52-48(40-21-16-17-22-40)37-38-51-59(52)63-60-61-49-35-18-19-36-50(49)62(51)60/h1-15,18-20,23-40H,16-17,21-22H2/i40D. The van der Waals surface area contributed by atoms with Gasteiger partial charge in [-0.15, -0.1) is 0 Å². The van der Waals surface area contributed by atoms with E-state index in [9.17, 15) is 1.37 Å². The summed E-state index contributed by atoms with van der Waals surface area (Å²) in [5.41, 5.74) is 20.4. The largest absolute Gasteiger partial charge is 0.422 e. The van der Waals surface area contributed by atoms with Crippen LogP contribution in [0.25, 0.3) is 106 Å². The van der Waals surface area contributed by atoms with Gasteiger partial charge in [0.2, 0.25) is 0 Å². The fourth-order valence-corrected chi connectivity index (χ4v) is 10.2. The molecule has 300 valence electrons. The lowest BCUT2D eigenvalue weighted by Crippen LogP contribution is -2.02. The average Bonchev–Trinajstić information content (AvgIpc) is 4.08. The van der Waals surface area contributed by atoms with Gasteiger partial charge in [0.25, 0.3) is 0 Å². The van der Waals surface area contributed by atoms with Crippen molar-refractivity contribution in [1.82, 2.24) is 9.38 Å². The van der Waals surface area contributed by atoms with E-state index in [2.05, 4.69) is 205 Å². The Labute approximate surface area is 369 Å². The molecule has 2 heterocycles. The number of nitrogens with zero attached hydrogens (tertiary/aromatic N) is 2. The fourth-order valence-electron chi connectivity index (χ4n) is 10.2. The molecule has 3 heteroatoms. The summed E-state index contributed by atoms with van der Waals surface area (Å²) in [7, 11) is 0. The van der Waals surface area contributed by atoms with Crippen molar-refractivity contribution in [2.75, 3.05) is 0 Å². The second-order valence-corrected chi connectivity index (χ2v) is 16.6. The average molecular weight is 810 g/mol. The summed E-state index contributed by atoms with van der Waals surface area (Å²) in [6.45, 7) is 0. The molecule has 0 spiro atoms. The number of rotatable bonds is 8. The summed E-state index contributed by atoms with van der Waals surface area (Å²) in [6.07, 6.45) is 3.69. The van der Waals surface area contributed by atoms with Crippen LogP contribution in [0.5, 0.6) is 0 Å². The van der Waals surface area contributed by atoms with E-state index in [0.29, 0.717) is 5.84 Å². The Morgan fingerprint density at radius 3 is 1.27 bits per heavy atom. The Bertz CT molecular complexity index is 3370. The number of hydrogen-bond acceptors (Lipinski definition) is 2. The molecular weight excluding hydrogens is 765 g/mol. The summed E-state index contributed by atoms with van der Waals surface area (Å²) in [5, 5.41) is 0. The zero-order valence-electron chi connectivity index (χ0n) is 35.8. The smallest absolute Gasteiger partial charge is 0.307 e. The summed E-state index contributed by atoms with van der Waals surface area (Å²) in [6, 6.07) is 76.2. The van der Waals surface area contributed by atoms with Gasteiger partial charge in [0.05, 0.1) is 16.6 Å². The topological polar surface area (TPSA) is 30.4 Å². The van der Waals surface area contributed by atoms with Gasteiger partial charge in [-0.1, -0.05) is 201 Å². The molecule has 0 atom stereocenters. The lowest BCUT2D eigenvalue weighted by atomic mass is 9.74. The van der Waals surface area contributed by atoms with Crippen LogP contribution in [0, 0.1) is 0 Å². The maximum atomic E-state index is 10.0. The SMILES string of the molecule is [2H]C1(c2ccc3c(oc4nc5ccccc5n43)c2-c2cccc(-c3c(-c4ccccc4)c(-c4ccccc4)c(-c4ccccc4)c(-c4ccccc4)c3-c3ccccc3)c2)CCCC1. The van der Waals surface area contributed by atoms with Crippen molar-refractivity contribution < 1.29 is 5.79 Å². The minimum atomic E-state index is -0.737. The van der Waals surface area contributed by atoms with E-state index in [0.717, 1.165) is 115 Å². The number of benzene rings is 9. The third-order valence-corrected chi connectivity index (χ3v) is 12.9. The van der Waals surface area contributed by atoms with E-state index in [1.54, 1.807) is 0 Å². The van der Waals surface area contributed by atoms with Gasteiger partial charge in [0.1, 0.15) is 0 Å². The molecule has 0 unspecified atom stereocenters. The zero-order valence-corrected chi connectivity index (χ0v) is 34.8. The van der Waals surface area contributed by atoms with E-state index < -0.39 is 5.89 Å². The van der Waals surface area contributed by atoms with Crippen LogP contribution in [0.3, 0.4) is 0 Å². The van der Waals surface area contributed by atoms with Gasteiger partial charge in [-0.05, 0) is 121 Å². The quantitative estimate of drug-likeness (QED) is 0.153. The highest BCUT2D eigenvalue weighted by Crippen LogP contribution is 2.56. The van der Waals surface area contributed by atoms with Crippen molar-refractivity contribution in [2.24, 2.45) is 0 Å². The first-order valence-corrected chi connectivity index (χ1v) is 22.1. The highest BCUT2D eigenvalue weighted by atomic mass is 16.4. The first kappa shape index (κ1) is 36.0. The minimum Gasteiger partial charge on any atom is -0.422 e. The monoisotopic (exact) mass is 809 g/mol. The number of oxazole rings is 1. The highest BCUT2D eigenvalue weighted by molar-refractivity contribution is 6.15. The molecule has 0 saturated heterocycles. The second-order valence-electron chi connectivity index (χ2n) is 16.6. The molecule has 1 saturated carbocycles. The lowest BCUT2D eigenvalue weighted by molar-refractivity contribution is 0.641. The van der Waals surface area contributed by atoms with Crippen LogP contribution in [0.15, 0.2) is 217 Å². The van der Waals surface area contributed by atoms with Crippen LogP contribution < -0.4 is 0 Å². The van der Waals surface area contributed by atoms with Crippen LogP contribution in [0.2, 0.25) is 0 Å². The molecule has 0 amide bonds. The molecule has 3 nitrogen and oxygen atoms in total. The fraction of sp³-hybridized carbons (Fsp3) is 0.0833. The number of aromatic nitrogens is 2. The molecule has 9 aromatic carbocycles. The van der Waals surface area contributed by atoms with Crippen LogP contribution in [-0.2, 0) is 0 Å². The molecule has 0 radical (unpaired) electrons. The van der Waals surface area contributed by atoms with Gasteiger partial charge in [0, 0.05) is 6.93 Å². The highest BCUT2D eigenvalue weighted by Gasteiger charge is 2.30.